The summed E-state index contributed by atoms with van der Waals surface area (Å²) in [6, 6.07) is 4.37. The third-order valence-corrected chi connectivity index (χ3v) is 4.58. The Morgan fingerprint density at radius 1 is 1.21 bits per heavy atom. The van der Waals surface area contributed by atoms with E-state index in [0.717, 1.165) is 17.7 Å². The van der Waals surface area contributed by atoms with Gasteiger partial charge in [0.05, 0.1) is 5.02 Å². The molecule has 24 heavy (non-hydrogen) atoms. The zero-order valence-corrected chi connectivity index (χ0v) is 16.8. The Balaban J connectivity index is 0.00000208. The summed E-state index contributed by atoms with van der Waals surface area (Å²) >= 11 is 6.24. The fourth-order valence-corrected chi connectivity index (χ4v) is 3.40. The van der Waals surface area contributed by atoms with Gasteiger partial charge in [0.15, 0.2) is 17.5 Å². The molecule has 1 aromatic carbocycles. The number of ether oxygens (including phenoxy) is 2. The van der Waals surface area contributed by atoms with E-state index in [4.69, 9.17) is 26.8 Å². The van der Waals surface area contributed by atoms with Crippen molar-refractivity contribution in [2.45, 2.75) is 44.6 Å². The molecule has 0 saturated heterocycles. The Kier molecular flexibility index (Phi) is 7.74. The van der Waals surface area contributed by atoms with E-state index in [1.807, 2.05) is 12.1 Å². The molecule has 5 nitrogen and oxygen atoms in total. The topological polar surface area (TPSA) is 68.9 Å². The molecule has 3 rings (SSSR count). The minimum absolute atomic E-state index is 0. The minimum atomic E-state index is 0. The third kappa shape index (κ3) is 5.31. The summed E-state index contributed by atoms with van der Waals surface area (Å²) < 4.78 is 11.1. The second kappa shape index (κ2) is 9.56. The Morgan fingerprint density at radius 2 is 1.96 bits per heavy atom. The van der Waals surface area contributed by atoms with Crippen molar-refractivity contribution in [3.8, 4) is 11.5 Å². The van der Waals surface area contributed by atoms with Gasteiger partial charge in [0.2, 0.25) is 0 Å². The normalized spacial score (nSPS) is 18.0. The second-order valence-corrected chi connectivity index (χ2v) is 6.51. The van der Waals surface area contributed by atoms with Gasteiger partial charge in [-0.05, 0) is 37.0 Å². The number of aliphatic imine (C=N–C) groups is 1. The van der Waals surface area contributed by atoms with Crippen molar-refractivity contribution in [2.24, 2.45) is 10.7 Å². The lowest BCUT2D eigenvalue weighted by Gasteiger charge is -2.23. The summed E-state index contributed by atoms with van der Waals surface area (Å²) in [7, 11) is 0. The van der Waals surface area contributed by atoms with Crippen molar-refractivity contribution in [2.75, 3.05) is 19.8 Å². The maximum absolute atomic E-state index is 6.24. The summed E-state index contributed by atoms with van der Waals surface area (Å²) in [6.45, 7) is 1.73. The fourth-order valence-electron chi connectivity index (χ4n) is 3.12. The van der Waals surface area contributed by atoms with Crippen molar-refractivity contribution in [1.29, 1.82) is 0 Å². The van der Waals surface area contributed by atoms with E-state index in [9.17, 15) is 0 Å². The molecule has 134 valence electrons. The van der Waals surface area contributed by atoms with Gasteiger partial charge in [-0.3, -0.25) is 4.99 Å². The molecule has 1 saturated carbocycles. The van der Waals surface area contributed by atoms with Crippen molar-refractivity contribution in [1.82, 2.24) is 5.32 Å². The molecular weight excluding hydrogens is 441 g/mol. The van der Waals surface area contributed by atoms with Gasteiger partial charge in [-0.25, -0.2) is 0 Å². The van der Waals surface area contributed by atoms with Crippen LogP contribution in [0.25, 0.3) is 0 Å². The summed E-state index contributed by atoms with van der Waals surface area (Å²) in [5.74, 6) is 1.90. The minimum Gasteiger partial charge on any atom is -0.486 e. The van der Waals surface area contributed by atoms with E-state index in [1.165, 1.54) is 32.1 Å². The standard InChI is InChI=1S/C17H24ClN3O2.HI/c18-14-10-12(11-15-16(14)23-9-8-22-15)6-7-20-17(19)21-13-4-2-1-3-5-13;/h10-11,13H,1-9H2,(H3,19,20,21);1H. The van der Waals surface area contributed by atoms with E-state index >= 15 is 0 Å². The summed E-state index contributed by atoms with van der Waals surface area (Å²) in [4.78, 5) is 4.42. The Bertz CT molecular complexity index is 577. The third-order valence-electron chi connectivity index (χ3n) is 4.30. The zero-order valence-electron chi connectivity index (χ0n) is 13.7. The molecule has 1 aliphatic carbocycles. The Morgan fingerprint density at radius 3 is 2.75 bits per heavy atom. The van der Waals surface area contributed by atoms with Crippen LogP contribution in [0.4, 0.5) is 0 Å². The molecule has 2 aliphatic rings. The molecule has 0 spiro atoms. The van der Waals surface area contributed by atoms with Gasteiger partial charge < -0.3 is 20.5 Å². The van der Waals surface area contributed by atoms with Crippen molar-refractivity contribution in [3.05, 3.63) is 22.7 Å². The van der Waals surface area contributed by atoms with Crippen LogP contribution in [0.15, 0.2) is 17.1 Å². The number of benzene rings is 1. The number of rotatable bonds is 4. The molecule has 0 radical (unpaired) electrons. The molecule has 1 fully saturated rings. The number of nitrogens with one attached hydrogen (secondary N) is 1. The Hall–Kier alpha value is -0.890. The van der Waals surface area contributed by atoms with Gasteiger partial charge in [-0.2, -0.15) is 0 Å². The Labute approximate surface area is 165 Å². The van der Waals surface area contributed by atoms with Gasteiger partial charge in [0, 0.05) is 12.6 Å². The quantitative estimate of drug-likeness (QED) is 0.406. The number of fused-ring (bicyclic) bond motifs is 1. The highest BCUT2D eigenvalue weighted by molar-refractivity contribution is 14.0. The molecule has 0 aromatic heterocycles. The van der Waals surface area contributed by atoms with Crippen molar-refractivity contribution < 1.29 is 9.47 Å². The predicted octanol–water partition coefficient (Wildman–Crippen LogP) is 3.51. The van der Waals surface area contributed by atoms with Crippen LogP contribution in [0.2, 0.25) is 5.02 Å². The van der Waals surface area contributed by atoms with Gasteiger partial charge in [0.25, 0.3) is 0 Å². The van der Waals surface area contributed by atoms with Gasteiger partial charge in [-0.15, -0.1) is 24.0 Å². The number of hydrogen-bond acceptors (Lipinski definition) is 3. The molecule has 1 aromatic rings. The van der Waals surface area contributed by atoms with Crippen molar-refractivity contribution >= 4 is 41.5 Å². The van der Waals surface area contributed by atoms with Crippen LogP contribution in [0.5, 0.6) is 11.5 Å². The summed E-state index contributed by atoms with van der Waals surface area (Å²) in [5, 5.41) is 3.92. The first-order chi connectivity index (χ1) is 11.2. The zero-order chi connectivity index (χ0) is 16.1. The van der Waals surface area contributed by atoms with Crippen LogP contribution < -0.4 is 20.5 Å². The highest BCUT2D eigenvalue weighted by Crippen LogP contribution is 2.38. The summed E-state index contributed by atoms with van der Waals surface area (Å²) in [5.41, 5.74) is 7.05. The first-order valence-corrected chi connectivity index (χ1v) is 8.74. The molecule has 3 N–H and O–H groups in total. The van der Waals surface area contributed by atoms with E-state index in [0.29, 0.717) is 42.5 Å². The first kappa shape index (κ1) is 19.4. The van der Waals surface area contributed by atoms with E-state index < -0.39 is 0 Å². The number of halogens is 2. The van der Waals surface area contributed by atoms with E-state index in [2.05, 4.69) is 10.3 Å². The average molecular weight is 466 g/mol. The first-order valence-electron chi connectivity index (χ1n) is 8.37. The van der Waals surface area contributed by atoms with Gasteiger partial charge in [0.1, 0.15) is 13.2 Å². The van der Waals surface area contributed by atoms with Crippen LogP contribution in [0, 0.1) is 0 Å². The van der Waals surface area contributed by atoms with E-state index in [1.54, 1.807) is 0 Å². The van der Waals surface area contributed by atoms with Gasteiger partial charge in [-0.1, -0.05) is 30.9 Å². The maximum atomic E-state index is 6.24. The predicted molar refractivity (Wildman–Crippen MR) is 108 cm³/mol. The monoisotopic (exact) mass is 465 g/mol. The number of guanidine groups is 1. The SMILES string of the molecule is I.NC(=NCCc1cc(Cl)c2c(c1)OCCO2)NC1CCCCC1. The molecule has 7 heteroatoms. The number of nitrogens with zero attached hydrogens (tertiary/aromatic N) is 1. The molecule has 1 aliphatic heterocycles. The fraction of sp³-hybridized carbons (Fsp3) is 0.588. The summed E-state index contributed by atoms with van der Waals surface area (Å²) in [6.07, 6.45) is 7.03. The smallest absolute Gasteiger partial charge is 0.188 e. The maximum Gasteiger partial charge on any atom is 0.188 e. The van der Waals surface area contributed by atoms with Crippen molar-refractivity contribution in [3.63, 3.8) is 0 Å². The molecule has 0 atom stereocenters. The molecule has 0 bridgehead atoms. The number of nitrogens with two attached hydrogens (primary N) is 1. The van der Waals surface area contributed by atoms with Crippen LogP contribution in [-0.2, 0) is 6.42 Å². The second-order valence-electron chi connectivity index (χ2n) is 6.10. The lowest BCUT2D eigenvalue weighted by atomic mass is 9.96. The van der Waals surface area contributed by atoms with Crippen LogP contribution in [0.3, 0.4) is 0 Å². The highest BCUT2D eigenvalue weighted by Gasteiger charge is 2.16. The average Bonchev–Trinajstić information content (AvgIpc) is 2.56. The largest absolute Gasteiger partial charge is 0.486 e. The molecule has 1 heterocycles. The lowest BCUT2D eigenvalue weighted by Crippen LogP contribution is -2.41. The van der Waals surface area contributed by atoms with Crippen LogP contribution in [0.1, 0.15) is 37.7 Å². The molecule has 0 amide bonds. The molecule has 0 unspecified atom stereocenters. The molecular formula is C17H25ClIN3O2. The lowest BCUT2D eigenvalue weighted by molar-refractivity contribution is 0.171. The van der Waals surface area contributed by atoms with E-state index in [-0.39, 0.29) is 24.0 Å². The van der Waals surface area contributed by atoms with Gasteiger partial charge >= 0.3 is 0 Å². The highest BCUT2D eigenvalue weighted by atomic mass is 127. The number of hydrogen-bond donors (Lipinski definition) is 2. The van der Waals surface area contributed by atoms with Crippen LogP contribution in [-0.4, -0.2) is 31.8 Å². The van der Waals surface area contributed by atoms with Crippen LogP contribution >= 0.6 is 35.6 Å².